The summed E-state index contributed by atoms with van der Waals surface area (Å²) in [4.78, 5) is 40.6. The standard InChI is InChI=1S/C18H23F3N4O4/c1-13(26)24-7-9-25(10-8-24)17(28)12-23(2)11-16(27)22-14-3-5-15(6-4-14)29-18(19,20)21/h3-6H,7-12H2,1-2H3,(H,22,27). The van der Waals surface area contributed by atoms with Crippen LogP contribution >= 0.6 is 0 Å². The van der Waals surface area contributed by atoms with Gasteiger partial charge in [-0.15, -0.1) is 13.2 Å². The van der Waals surface area contributed by atoms with E-state index in [4.69, 9.17) is 0 Å². The molecule has 0 unspecified atom stereocenters. The third kappa shape index (κ3) is 7.60. The van der Waals surface area contributed by atoms with Gasteiger partial charge < -0.3 is 19.9 Å². The van der Waals surface area contributed by atoms with E-state index in [1.54, 1.807) is 16.8 Å². The highest BCUT2D eigenvalue weighted by Gasteiger charge is 2.31. The Morgan fingerprint density at radius 2 is 1.59 bits per heavy atom. The Morgan fingerprint density at radius 3 is 2.10 bits per heavy atom. The molecule has 0 bridgehead atoms. The number of rotatable bonds is 6. The molecule has 1 fully saturated rings. The number of ether oxygens (including phenoxy) is 1. The van der Waals surface area contributed by atoms with Gasteiger partial charge in [-0.2, -0.15) is 0 Å². The molecule has 0 aliphatic carbocycles. The highest BCUT2D eigenvalue weighted by Crippen LogP contribution is 2.23. The quantitative estimate of drug-likeness (QED) is 0.752. The van der Waals surface area contributed by atoms with Crippen LogP contribution in [-0.2, 0) is 14.4 Å². The SMILES string of the molecule is CC(=O)N1CCN(C(=O)CN(C)CC(=O)Nc2ccc(OC(F)(F)F)cc2)CC1. The summed E-state index contributed by atoms with van der Waals surface area (Å²) in [6.45, 7) is 3.32. The molecule has 29 heavy (non-hydrogen) atoms. The van der Waals surface area contributed by atoms with Crippen LogP contribution in [0.4, 0.5) is 18.9 Å². The van der Waals surface area contributed by atoms with Crippen LogP contribution in [0, 0.1) is 0 Å². The van der Waals surface area contributed by atoms with Crippen LogP contribution in [0.25, 0.3) is 0 Å². The zero-order valence-corrected chi connectivity index (χ0v) is 16.2. The predicted molar refractivity (Wildman–Crippen MR) is 98.1 cm³/mol. The average molecular weight is 416 g/mol. The van der Waals surface area contributed by atoms with Crippen LogP contribution in [0.3, 0.4) is 0 Å². The number of halogens is 3. The van der Waals surface area contributed by atoms with E-state index in [9.17, 15) is 27.6 Å². The molecule has 0 aromatic heterocycles. The summed E-state index contributed by atoms with van der Waals surface area (Å²) in [5.41, 5.74) is 0.310. The van der Waals surface area contributed by atoms with Gasteiger partial charge in [0, 0.05) is 38.8 Å². The molecule has 1 aliphatic heterocycles. The molecule has 0 spiro atoms. The topological polar surface area (TPSA) is 82.2 Å². The Hall–Kier alpha value is -2.82. The van der Waals surface area contributed by atoms with Crippen LogP contribution < -0.4 is 10.1 Å². The number of amides is 3. The summed E-state index contributed by atoms with van der Waals surface area (Å²) in [6, 6.07) is 4.77. The van der Waals surface area contributed by atoms with Crippen LogP contribution in [0.15, 0.2) is 24.3 Å². The summed E-state index contributed by atoms with van der Waals surface area (Å²) in [5.74, 6) is -0.963. The molecule has 1 heterocycles. The minimum atomic E-state index is -4.78. The van der Waals surface area contributed by atoms with Crippen LogP contribution in [0.1, 0.15) is 6.92 Å². The first-order chi connectivity index (χ1) is 13.5. The molecule has 1 N–H and O–H groups in total. The fourth-order valence-electron chi connectivity index (χ4n) is 2.84. The smallest absolute Gasteiger partial charge is 0.406 e. The molecule has 0 radical (unpaired) electrons. The lowest BCUT2D eigenvalue weighted by atomic mass is 10.3. The summed E-state index contributed by atoms with van der Waals surface area (Å²) in [7, 11) is 1.61. The van der Waals surface area contributed by atoms with Gasteiger partial charge in [-0.05, 0) is 31.3 Å². The van der Waals surface area contributed by atoms with Crippen molar-refractivity contribution in [3.63, 3.8) is 0 Å². The van der Waals surface area contributed by atoms with E-state index in [1.165, 1.54) is 24.0 Å². The first-order valence-electron chi connectivity index (χ1n) is 8.91. The number of carbonyl (C=O) groups is 3. The Bertz CT molecular complexity index is 732. The average Bonchev–Trinajstić information content (AvgIpc) is 2.62. The third-order valence-electron chi connectivity index (χ3n) is 4.27. The zero-order valence-electron chi connectivity index (χ0n) is 16.2. The van der Waals surface area contributed by atoms with E-state index in [0.717, 1.165) is 12.1 Å². The van der Waals surface area contributed by atoms with Crippen molar-refractivity contribution in [2.24, 2.45) is 0 Å². The lowest BCUT2D eigenvalue weighted by Crippen LogP contribution is -2.52. The number of carbonyl (C=O) groups excluding carboxylic acids is 3. The summed E-state index contributed by atoms with van der Waals surface area (Å²) in [6.07, 6.45) is -4.78. The summed E-state index contributed by atoms with van der Waals surface area (Å²) < 4.78 is 40.2. The van der Waals surface area contributed by atoms with Gasteiger partial charge >= 0.3 is 6.36 Å². The number of likely N-dealkylation sites (N-methyl/N-ethyl adjacent to an activating group) is 1. The number of nitrogens with zero attached hydrogens (tertiary/aromatic N) is 3. The van der Waals surface area contributed by atoms with Gasteiger partial charge in [-0.1, -0.05) is 0 Å². The van der Waals surface area contributed by atoms with E-state index >= 15 is 0 Å². The van der Waals surface area contributed by atoms with Gasteiger partial charge in [0.25, 0.3) is 0 Å². The summed E-state index contributed by atoms with van der Waals surface area (Å²) >= 11 is 0. The van der Waals surface area contributed by atoms with Crippen molar-refractivity contribution in [2.45, 2.75) is 13.3 Å². The maximum atomic E-state index is 12.3. The van der Waals surface area contributed by atoms with E-state index in [2.05, 4.69) is 10.1 Å². The van der Waals surface area contributed by atoms with Crippen LogP contribution in [-0.4, -0.2) is 85.1 Å². The molecule has 1 aliphatic rings. The highest BCUT2D eigenvalue weighted by molar-refractivity contribution is 5.92. The Labute approximate surface area is 166 Å². The molecule has 160 valence electrons. The van der Waals surface area contributed by atoms with Crippen LogP contribution in [0.5, 0.6) is 5.75 Å². The monoisotopic (exact) mass is 416 g/mol. The predicted octanol–water partition coefficient (Wildman–Crippen LogP) is 1.15. The van der Waals surface area contributed by atoms with Gasteiger partial charge in [0.05, 0.1) is 13.1 Å². The number of nitrogens with one attached hydrogen (secondary N) is 1. The first-order valence-corrected chi connectivity index (χ1v) is 8.91. The number of anilines is 1. The van der Waals surface area contributed by atoms with Gasteiger partial charge in [-0.3, -0.25) is 19.3 Å². The number of hydrogen-bond donors (Lipinski definition) is 1. The molecule has 1 saturated heterocycles. The fraction of sp³-hybridized carbons (Fsp3) is 0.500. The maximum absolute atomic E-state index is 12.3. The highest BCUT2D eigenvalue weighted by atomic mass is 19.4. The lowest BCUT2D eigenvalue weighted by Gasteiger charge is -2.35. The van der Waals surface area contributed by atoms with Crippen LogP contribution in [0.2, 0.25) is 0 Å². The van der Waals surface area contributed by atoms with E-state index in [0.29, 0.717) is 31.9 Å². The maximum Gasteiger partial charge on any atom is 0.573 e. The van der Waals surface area contributed by atoms with Gasteiger partial charge in [0.1, 0.15) is 5.75 Å². The molecule has 1 aromatic rings. The number of piperazine rings is 1. The van der Waals surface area contributed by atoms with Crippen molar-refractivity contribution in [1.82, 2.24) is 14.7 Å². The molecular formula is C18H23F3N4O4. The molecule has 11 heteroatoms. The largest absolute Gasteiger partial charge is 0.573 e. The second-order valence-electron chi connectivity index (χ2n) is 6.68. The Kier molecular flexibility index (Phi) is 7.43. The number of alkyl halides is 3. The van der Waals surface area contributed by atoms with Crippen molar-refractivity contribution in [1.29, 1.82) is 0 Å². The molecule has 0 saturated carbocycles. The van der Waals surface area contributed by atoms with Crippen molar-refractivity contribution in [3.8, 4) is 5.75 Å². The Balaban J connectivity index is 1.76. The van der Waals surface area contributed by atoms with Gasteiger partial charge in [0.2, 0.25) is 17.7 Å². The van der Waals surface area contributed by atoms with Crippen molar-refractivity contribution in [3.05, 3.63) is 24.3 Å². The molecular weight excluding hydrogens is 393 g/mol. The Morgan fingerprint density at radius 1 is 1.03 bits per heavy atom. The minimum Gasteiger partial charge on any atom is -0.406 e. The molecule has 0 atom stereocenters. The third-order valence-corrected chi connectivity index (χ3v) is 4.27. The van der Waals surface area contributed by atoms with E-state index in [1.807, 2.05) is 0 Å². The number of benzene rings is 1. The van der Waals surface area contributed by atoms with E-state index < -0.39 is 12.3 Å². The molecule has 8 nitrogen and oxygen atoms in total. The second kappa shape index (κ2) is 9.59. The van der Waals surface area contributed by atoms with Crippen molar-refractivity contribution in [2.75, 3.05) is 51.6 Å². The first kappa shape index (κ1) is 22.5. The molecule has 2 rings (SSSR count). The van der Waals surface area contributed by atoms with E-state index in [-0.39, 0.29) is 30.7 Å². The molecule has 3 amide bonds. The van der Waals surface area contributed by atoms with Gasteiger partial charge in [-0.25, -0.2) is 0 Å². The normalized spacial score (nSPS) is 14.7. The summed E-state index contributed by atoms with van der Waals surface area (Å²) in [5, 5.41) is 2.55. The minimum absolute atomic E-state index is 0.0242. The van der Waals surface area contributed by atoms with Gasteiger partial charge in [0.15, 0.2) is 0 Å². The fourth-order valence-corrected chi connectivity index (χ4v) is 2.84. The molecule has 1 aromatic carbocycles. The lowest BCUT2D eigenvalue weighted by molar-refractivity contribution is -0.274. The number of hydrogen-bond acceptors (Lipinski definition) is 5. The second-order valence-corrected chi connectivity index (χ2v) is 6.68. The van der Waals surface area contributed by atoms with Crippen molar-refractivity contribution >= 4 is 23.4 Å². The zero-order chi connectivity index (χ0) is 21.6. The van der Waals surface area contributed by atoms with Crippen molar-refractivity contribution < 1.29 is 32.3 Å².